The van der Waals surface area contributed by atoms with E-state index in [0.717, 1.165) is 5.56 Å². The van der Waals surface area contributed by atoms with E-state index in [4.69, 9.17) is 32.7 Å². The van der Waals surface area contributed by atoms with Crippen molar-refractivity contribution in [3.05, 3.63) is 45.2 Å². The number of rotatable bonds is 6. The van der Waals surface area contributed by atoms with Crippen LogP contribution in [0.2, 0.25) is 10.2 Å². The summed E-state index contributed by atoms with van der Waals surface area (Å²) in [5, 5.41) is 7.68. The number of nitrogens with zero attached hydrogens (tertiary/aromatic N) is 2. The Labute approximate surface area is 166 Å². The number of aryl methyl sites for hydroxylation is 3. The monoisotopic (exact) mass is 411 g/mol. The predicted molar refractivity (Wildman–Crippen MR) is 104 cm³/mol. The third-order valence-electron chi connectivity index (χ3n) is 3.68. The van der Waals surface area contributed by atoms with Gasteiger partial charge in [0.1, 0.15) is 10.9 Å². The van der Waals surface area contributed by atoms with Crippen molar-refractivity contribution >= 4 is 46.8 Å². The van der Waals surface area contributed by atoms with Gasteiger partial charge >= 0.3 is 5.97 Å². The average Bonchev–Trinajstić information content (AvgIpc) is 2.86. The molecule has 0 aliphatic heterocycles. The third-order valence-corrected chi connectivity index (χ3v) is 4.54. The van der Waals surface area contributed by atoms with E-state index >= 15 is 0 Å². The Hall–Kier alpha value is -2.51. The van der Waals surface area contributed by atoms with Gasteiger partial charge in [-0.3, -0.25) is 9.48 Å². The molecule has 2 aromatic rings. The van der Waals surface area contributed by atoms with Crippen molar-refractivity contribution in [3.8, 4) is 5.75 Å². The van der Waals surface area contributed by atoms with Crippen LogP contribution in [0.1, 0.15) is 16.8 Å². The van der Waals surface area contributed by atoms with Crippen molar-refractivity contribution in [1.82, 2.24) is 9.78 Å². The lowest BCUT2D eigenvalue weighted by Crippen LogP contribution is -2.20. The van der Waals surface area contributed by atoms with Crippen molar-refractivity contribution in [2.75, 3.05) is 19.0 Å². The topological polar surface area (TPSA) is 82.4 Å². The minimum atomic E-state index is -0.677. The molecule has 0 aliphatic rings. The zero-order chi connectivity index (χ0) is 20.1. The van der Waals surface area contributed by atoms with Gasteiger partial charge in [-0.25, -0.2) is 4.79 Å². The molecule has 144 valence electrons. The van der Waals surface area contributed by atoms with Crippen molar-refractivity contribution in [2.24, 2.45) is 7.05 Å². The fourth-order valence-corrected chi connectivity index (χ4v) is 2.68. The van der Waals surface area contributed by atoms with Crippen LogP contribution < -0.4 is 10.1 Å². The highest BCUT2D eigenvalue weighted by molar-refractivity contribution is 6.31. The molecule has 0 spiro atoms. The number of methoxy groups -OCH3 is 1. The van der Waals surface area contributed by atoms with E-state index in [-0.39, 0.29) is 0 Å². The van der Waals surface area contributed by atoms with Gasteiger partial charge in [-0.1, -0.05) is 23.2 Å². The molecule has 0 saturated heterocycles. The van der Waals surface area contributed by atoms with E-state index in [1.807, 2.05) is 0 Å². The lowest BCUT2D eigenvalue weighted by atomic mass is 10.2. The maximum Gasteiger partial charge on any atom is 0.331 e. The van der Waals surface area contributed by atoms with Gasteiger partial charge < -0.3 is 14.8 Å². The van der Waals surface area contributed by atoms with E-state index in [0.29, 0.717) is 32.9 Å². The number of esters is 1. The summed E-state index contributed by atoms with van der Waals surface area (Å²) < 4.78 is 11.6. The number of carbonyl (C=O) groups is 2. The van der Waals surface area contributed by atoms with Crippen molar-refractivity contribution in [1.29, 1.82) is 0 Å². The highest BCUT2D eigenvalue weighted by Gasteiger charge is 2.12. The van der Waals surface area contributed by atoms with Gasteiger partial charge in [0.15, 0.2) is 6.61 Å². The quantitative estimate of drug-likeness (QED) is 0.580. The van der Waals surface area contributed by atoms with Crippen LogP contribution >= 0.6 is 23.2 Å². The molecule has 0 saturated carbocycles. The summed E-state index contributed by atoms with van der Waals surface area (Å²) in [5.74, 6) is -0.775. The van der Waals surface area contributed by atoms with Gasteiger partial charge in [0, 0.05) is 29.8 Å². The van der Waals surface area contributed by atoms with Crippen LogP contribution in [-0.4, -0.2) is 35.4 Å². The molecule has 1 amide bonds. The maximum atomic E-state index is 12.0. The van der Waals surface area contributed by atoms with Gasteiger partial charge in [0.25, 0.3) is 5.91 Å². The molecule has 0 unspecified atom stereocenters. The largest absolute Gasteiger partial charge is 0.495 e. The maximum absolute atomic E-state index is 12.0. The molecule has 1 aromatic heterocycles. The SMILES string of the molecule is COc1cc(Cl)c(C)cc1NC(=O)COC(=O)/C=C/c1c(C)nn(C)c1Cl. The smallest absolute Gasteiger partial charge is 0.331 e. The second kappa shape index (κ2) is 8.92. The van der Waals surface area contributed by atoms with Crippen LogP contribution in [0.3, 0.4) is 0 Å². The first-order valence-corrected chi connectivity index (χ1v) is 8.66. The molecule has 0 atom stereocenters. The summed E-state index contributed by atoms with van der Waals surface area (Å²) in [7, 11) is 3.16. The van der Waals surface area contributed by atoms with Crippen LogP contribution in [0, 0.1) is 13.8 Å². The van der Waals surface area contributed by atoms with Crippen molar-refractivity contribution in [2.45, 2.75) is 13.8 Å². The van der Waals surface area contributed by atoms with Gasteiger partial charge in [0.05, 0.1) is 18.5 Å². The number of hydrogen-bond acceptors (Lipinski definition) is 5. The van der Waals surface area contributed by atoms with Crippen molar-refractivity contribution in [3.63, 3.8) is 0 Å². The number of hydrogen-bond donors (Lipinski definition) is 1. The molecular formula is C18H19Cl2N3O4. The van der Waals surface area contributed by atoms with Crippen LogP contribution in [0.4, 0.5) is 5.69 Å². The van der Waals surface area contributed by atoms with E-state index in [1.165, 1.54) is 23.9 Å². The molecule has 2 rings (SSSR count). The summed E-state index contributed by atoms with van der Waals surface area (Å²) in [6.45, 7) is 3.12. The summed E-state index contributed by atoms with van der Waals surface area (Å²) in [5.41, 5.74) is 2.50. The molecule has 0 aliphatic carbocycles. The third kappa shape index (κ3) is 5.24. The fraction of sp³-hybridized carbons (Fsp3) is 0.278. The molecule has 7 nitrogen and oxygen atoms in total. The Morgan fingerprint density at radius 1 is 1.30 bits per heavy atom. The Kier molecular flexibility index (Phi) is 6.87. The van der Waals surface area contributed by atoms with Gasteiger partial charge in [-0.05, 0) is 31.6 Å². The van der Waals surface area contributed by atoms with E-state index in [2.05, 4.69) is 10.4 Å². The van der Waals surface area contributed by atoms with Crippen LogP contribution in [0.15, 0.2) is 18.2 Å². The minimum absolute atomic E-state index is 0.402. The number of ether oxygens (including phenoxy) is 2. The first-order valence-electron chi connectivity index (χ1n) is 7.90. The first-order chi connectivity index (χ1) is 12.7. The van der Waals surface area contributed by atoms with Crippen molar-refractivity contribution < 1.29 is 19.1 Å². The Balaban J connectivity index is 1.95. The van der Waals surface area contributed by atoms with Crippen LogP contribution in [0.5, 0.6) is 5.75 Å². The molecular weight excluding hydrogens is 393 g/mol. The molecule has 1 heterocycles. The van der Waals surface area contributed by atoms with E-state index in [1.54, 1.807) is 33.0 Å². The summed E-state index contributed by atoms with van der Waals surface area (Å²) >= 11 is 12.1. The average molecular weight is 412 g/mol. The number of carbonyl (C=O) groups excluding carboxylic acids is 2. The highest BCUT2D eigenvalue weighted by Crippen LogP contribution is 2.30. The summed E-state index contributed by atoms with van der Waals surface area (Å²) in [4.78, 5) is 23.9. The molecule has 0 fully saturated rings. The molecule has 1 N–H and O–H groups in total. The molecule has 27 heavy (non-hydrogen) atoms. The van der Waals surface area contributed by atoms with Gasteiger partial charge in [0.2, 0.25) is 0 Å². The summed E-state index contributed by atoms with van der Waals surface area (Å²) in [6, 6.07) is 3.27. The zero-order valence-electron chi connectivity index (χ0n) is 15.3. The van der Waals surface area contributed by atoms with Crippen LogP contribution in [-0.2, 0) is 21.4 Å². The Morgan fingerprint density at radius 3 is 2.59 bits per heavy atom. The van der Waals surface area contributed by atoms with Crippen LogP contribution in [0.25, 0.3) is 6.08 Å². The molecule has 0 radical (unpaired) electrons. The highest BCUT2D eigenvalue weighted by atomic mass is 35.5. The number of aromatic nitrogens is 2. The number of halogens is 2. The number of benzene rings is 1. The Morgan fingerprint density at radius 2 is 2.00 bits per heavy atom. The first kappa shape index (κ1) is 20.8. The normalized spacial score (nSPS) is 10.9. The molecule has 0 bridgehead atoms. The lowest BCUT2D eigenvalue weighted by molar-refractivity contribution is -0.142. The lowest BCUT2D eigenvalue weighted by Gasteiger charge is -2.12. The number of anilines is 1. The molecule has 9 heteroatoms. The van der Waals surface area contributed by atoms with Gasteiger partial charge in [-0.2, -0.15) is 5.10 Å². The standard InChI is InChI=1S/C18H19Cl2N3O4/c1-10-7-14(15(26-4)8-13(10)19)21-16(24)9-27-17(25)6-5-12-11(2)22-23(3)18(12)20/h5-8H,9H2,1-4H3,(H,21,24)/b6-5+. The zero-order valence-corrected chi connectivity index (χ0v) is 16.8. The fourth-order valence-electron chi connectivity index (χ4n) is 2.29. The Bertz CT molecular complexity index is 906. The molecule has 1 aromatic carbocycles. The van der Waals surface area contributed by atoms with E-state index in [9.17, 15) is 9.59 Å². The summed E-state index contributed by atoms with van der Waals surface area (Å²) in [6.07, 6.45) is 2.69. The number of nitrogens with one attached hydrogen (secondary N) is 1. The minimum Gasteiger partial charge on any atom is -0.495 e. The predicted octanol–water partition coefficient (Wildman–Crippen LogP) is 3.55. The van der Waals surface area contributed by atoms with Gasteiger partial charge in [-0.15, -0.1) is 0 Å². The second-order valence-electron chi connectivity index (χ2n) is 5.70. The second-order valence-corrected chi connectivity index (χ2v) is 6.47. The van der Waals surface area contributed by atoms with E-state index < -0.39 is 18.5 Å². The number of amides is 1.